The maximum Gasteiger partial charge on any atom is 0.416 e. The summed E-state index contributed by atoms with van der Waals surface area (Å²) >= 11 is 1.42. The fourth-order valence-electron chi connectivity index (χ4n) is 2.74. The predicted molar refractivity (Wildman–Crippen MR) is 79.7 cm³/mol. The van der Waals surface area contributed by atoms with Crippen LogP contribution in [0.15, 0.2) is 35.2 Å². The number of carbonyl (C=O) groups is 1. The number of nitrogens with one attached hydrogen (secondary N) is 1. The minimum absolute atomic E-state index is 0.0209. The van der Waals surface area contributed by atoms with Crippen LogP contribution >= 0.6 is 11.3 Å². The number of hydrogen-bond donors (Lipinski definition) is 1. The van der Waals surface area contributed by atoms with E-state index < -0.39 is 23.7 Å². The molecule has 0 aliphatic carbocycles. The minimum atomic E-state index is -4.50. The van der Waals surface area contributed by atoms with Crippen molar-refractivity contribution in [3.8, 4) is 0 Å². The van der Waals surface area contributed by atoms with E-state index in [0.717, 1.165) is 11.8 Å². The molecule has 1 N–H and O–H groups in total. The first-order valence-electron chi connectivity index (χ1n) is 7.02. The van der Waals surface area contributed by atoms with Gasteiger partial charge in [0, 0.05) is 25.0 Å². The van der Waals surface area contributed by atoms with Gasteiger partial charge in [0.15, 0.2) is 0 Å². The van der Waals surface area contributed by atoms with Crippen LogP contribution in [-0.4, -0.2) is 28.9 Å². The van der Waals surface area contributed by atoms with Gasteiger partial charge in [-0.1, -0.05) is 18.2 Å². The quantitative estimate of drug-likeness (QED) is 0.934. The molecule has 0 bridgehead atoms. The molecular formula is C15H14F3N3OS. The van der Waals surface area contributed by atoms with Crippen molar-refractivity contribution in [2.24, 2.45) is 0 Å². The summed E-state index contributed by atoms with van der Waals surface area (Å²) in [6.45, 7) is 1.22. The van der Waals surface area contributed by atoms with Crippen molar-refractivity contribution in [2.45, 2.75) is 18.8 Å². The number of piperazine rings is 1. The zero-order chi connectivity index (χ0) is 16.4. The zero-order valence-corrected chi connectivity index (χ0v) is 12.8. The molecular weight excluding hydrogens is 327 g/mol. The Kier molecular flexibility index (Phi) is 4.36. The molecule has 0 saturated carbocycles. The average Bonchev–Trinajstić information content (AvgIpc) is 3.00. The van der Waals surface area contributed by atoms with Crippen molar-refractivity contribution in [1.29, 1.82) is 0 Å². The molecule has 1 aromatic carbocycles. The van der Waals surface area contributed by atoms with Gasteiger partial charge >= 0.3 is 6.18 Å². The number of thiazole rings is 1. The van der Waals surface area contributed by atoms with Crippen molar-refractivity contribution < 1.29 is 18.0 Å². The van der Waals surface area contributed by atoms with E-state index in [0.29, 0.717) is 19.6 Å². The Morgan fingerprint density at radius 1 is 1.35 bits per heavy atom. The highest BCUT2D eigenvalue weighted by Gasteiger charge is 2.40. The molecule has 3 rings (SSSR count). The molecule has 122 valence electrons. The smallest absolute Gasteiger partial charge is 0.353 e. The average molecular weight is 341 g/mol. The summed E-state index contributed by atoms with van der Waals surface area (Å²) in [5.41, 5.74) is 1.62. The van der Waals surface area contributed by atoms with Gasteiger partial charge in [-0.25, -0.2) is 4.98 Å². The van der Waals surface area contributed by atoms with Gasteiger partial charge in [0.05, 0.1) is 16.8 Å². The number of rotatable bonds is 3. The van der Waals surface area contributed by atoms with Crippen LogP contribution in [0.1, 0.15) is 22.9 Å². The van der Waals surface area contributed by atoms with Gasteiger partial charge in [-0.2, -0.15) is 13.2 Å². The molecule has 8 heteroatoms. The largest absolute Gasteiger partial charge is 0.416 e. The lowest BCUT2D eigenvalue weighted by atomic mass is 9.96. The number of nitrogens with zero attached hydrogens (tertiary/aromatic N) is 2. The lowest BCUT2D eigenvalue weighted by molar-refractivity contribution is -0.140. The van der Waals surface area contributed by atoms with Gasteiger partial charge in [-0.3, -0.25) is 9.69 Å². The fraction of sp³-hybridized carbons (Fsp3) is 0.333. The lowest BCUT2D eigenvalue weighted by Crippen LogP contribution is -2.50. The van der Waals surface area contributed by atoms with Crippen molar-refractivity contribution in [3.63, 3.8) is 0 Å². The van der Waals surface area contributed by atoms with E-state index in [4.69, 9.17) is 0 Å². The molecule has 1 fully saturated rings. The molecule has 1 amide bonds. The topological polar surface area (TPSA) is 45.2 Å². The van der Waals surface area contributed by atoms with Gasteiger partial charge in [0.1, 0.15) is 6.04 Å². The maximum absolute atomic E-state index is 13.3. The first kappa shape index (κ1) is 15.9. The third-order valence-corrected chi connectivity index (χ3v) is 4.36. The second-order valence-corrected chi connectivity index (χ2v) is 5.95. The Balaban J connectivity index is 1.98. The Bertz CT molecular complexity index is 688. The SMILES string of the molecule is O=C1NCCN(Cc2cscn2)[C@@H]1c1ccccc1C(F)(F)F. The second-order valence-electron chi connectivity index (χ2n) is 5.23. The second kappa shape index (κ2) is 6.29. The Morgan fingerprint density at radius 3 is 2.83 bits per heavy atom. The summed E-state index contributed by atoms with van der Waals surface area (Å²) < 4.78 is 39.8. The number of hydrogen-bond acceptors (Lipinski definition) is 4. The van der Waals surface area contributed by atoms with Crippen LogP contribution in [0.4, 0.5) is 13.2 Å². The summed E-state index contributed by atoms with van der Waals surface area (Å²) in [5, 5.41) is 4.49. The highest BCUT2D eigenvalue weighted by atomic mass is 32.1. The van der Waals surface area contributed by atoms with Gasteiger partial charge in [0.25, 0.3) is 0 Å². The predicted octanol–water partition coefficient (Wildman–Crippen LogP) is 2.84. The van der Waals surface area contributed by atoms with E-state index >= 15 is 0 Å². The molecule has 1 aliphatic heterocycles. The molecule has 1 atom stereocenters. The zero-order valence-electron chi connectivity index (χ0n) is 12.0. The van der Waals surface area contributed by atoms with Crippen LogP contribution in [0.5, 0.6) is 0 Å². The van der Waals surface area contributed by atoms with E-state index in [2.05, 4.69) is 10.3 Å². The van der Waals surface area contributed by atoms with Crippen molar-refractivity contribution >= 4 is 17.2 Å². The number of halogens is 3. The summed E-state index contributed by atoms with van der Waals surface area (Å²) in [6, 6.07) is 4.26. The lowest BCUT2D eigenvalue weighted by Gasteiger charge is -2.35. The number of carbonyl (C=O) groups excluding carboxylic acids is 1. The van der Waals surface area contributed by atoms with Crippen molar-refractivity contribution in [1.82, 2.24) is 15.2 Å². The Morgan fingerprint density at radius 2 is 2.13 bits per heavy atom. The highest BCUT2D eigenvalue weighted by Crippen LogP contribution is 2.37. The Hall–Kier alpha value is -1.93. The van der Waals surface area contributed by atoms with Crippen molar-refractivity contribution in [3.05, 3.63) is 52.0 Å². The number of alkyl halides is 3. The van der Waals surface area contributed by atoms with Crippen LogP contribution in [-0.2, 0) is 17.5 Å². The normalized spacial score (nSPS) is 19.6. The minimum Gasteiger partial charge on any atom is -0.353 e. The monoisotopic (exact) mass is 341 g/mol. The molecule has 0 radical (unpaired) electrons. The van der Waals surface area contributed by atoms with Crippen LogP contribution in [0.2, 0.25) is 0 Å². The van der Waals surface area contributed by atoms with Crippen LogP contribution in [0.3, 0.4) is 0 Å². The number of amides is 1. The fourth-order valence-corrected chi connectivity index (χ4v) is 3.29. The highest BCUT2D eigenvalue weighted by molar-refractivity contribution is 7.07. The van der Waals surface area contributed by atoms with Gasteiger partial charge in [-0.05, 0) is 11.6 Å². The van der Waals surface area contributed by atoms with Gasteiger partial charge < -0.3 is 5.32 Å². The number of aromatic nitrogens is 1. The molecule has 1 saturated heterocycles. The van der Waals surface area contributed by atoms with Crippen LogP contribution in [0.25, 0.3) is 0 Å². The van der Waals surface area contributed by atoms with Gasteiger partial charge in [0.2, 0.25) is 5.91 Å². The molecule has 4 nitrogen and oxygen atoms in total. The third-order valence-electron chi connectivity index (χ3n) is 3.72. The molecule has 23 heavy (non-hydrogen) atoms. The molecule has 0 unspecified atom stereocenters. The molecule has 1 aromatic heterocycles. The van der Waals surface area contributed by atoms with E-state index in [9.17, 15) is 18.0 Å². The molecule has 0 spiro atoms. The van der Waals surface area contributed by atoms with E-state index in [1.54, 1.807) is 10.4 Å². The van der Waals surface area contributed by atoms with Gasteiger partial charge in [-0.15, -0.1) is 11.3 Å². The summed E-state index contributed by atoms with van der Waals surface area (Å²) in [5.74, 6) is -0.414. The van der Waals surface area contributed by atoms with E-state index in [1.807, 2.05) is 5.38 Å². The first-order chi connectivity index (χ1) is 11.0. The Labute approximate surface area is 135 Å². The maximum atomic E-state index is 13.3. The summed E-state index contributed by atoms with van der Waals surface area (Å²) in [6.07, 6.45) is -4.50. The van der Waals surface area contributed by atoms with E-state index in [-0.39, 0.29) is 5.56 Å². The molecule has 1 aliphatic rings. The van der Waals surface area contributed by atoms with Crippen molar-refractivity contribution in [2.75, 3.05) is 13.1 Å². The third kappa shape index (κ3) is 3.37. The molecule has 2 heterocycles. The summed E-state index contributed by atoms with van der Waals surface area (Å²) in [4.78, 5) is 18.2. The standard InChI is InChI=1S/C15H14F3N3OS/c16-15(17,18)12-4-2-1-3-11(12)13-14(22)19-5-6-21(13)7-10-8-23-9-20-10/h1-4,8-9,13H,5-7H2,(H,19,22)/t13-/m1/s1. The van der Waals surface area contributed by atoms with Crippen LogP contribution < -0.4 is 5.32 Å². The first-order valence-corrected chi connectivity index (χ1v) is 7.96. The van der Waals surface area contributed by atoms with E-state index in [1.165, 1.54) is 29.5 Å². The molecule has 2 aromatic rings. The summed E-state index contributed by atoms with van der Waals surface area (Å²) in [7, 11) is 0. The number of benzene rings is 1. The van der Waals surface area contributed by atoms with Crippen LogP contribution in [0, 0.1) is 0 Å².